The third-order valence-electron chi connectivity index (χ3n) is 4.56. The molecule has 2 heterocycles. The van der Waals surface area contributed by atoms with Crippen LogP contribution < -0.4 is 15.4 Å². The first-order valence-corrected chi connectivity index (χ1v) is 11.1. The summed E-state index contributed by atoms with van der Waals surface area (Å²) < 4.78 is 5.69. The minimum absolute atomic E-state index is 0. The number of carbonyl (C=O) groups excluding carboxylic acids is 1. The second kappa shape index (κ2) is 12.8. The Kier molecular flexibility index (Phi) is 10.4. The summed E-state index contributed by atoms with van der Waals surface area (Å²) in [6.45, 7) is 6.61. The molecular formula is C22H31IN4O2S. The van der Waals surface area contributed by atoms with E-state index in [0.717, 1.165) is 50.3 Å². The lowest BCUT2D eigenvalue weighted by Gasteiger charge is -2.16. The molecule has 1 aliphatic rings. The van der Waals surface area contributed by atoms with Crippen molar-refractivity contribution in [3.63, 3.8) is 0 Å². The molecule has 0 unspecified atom stereocenters. The van der Waals surface area contributed by atoms with Crippen LogP contribution in [0.15, 0.2) is 46.8 Å². The molecule has 0 aliphatic carbocycles. The molecule has 1 amide bonds. The van der Waals surface area contributed by atoms with Crippen molar-refractivity contribution in [2.75, 3.05) is 31.5 Å². The molecule has 0 saturated carbocycles. The lowest BCUT2D eigenvalue weighted by molar-refractivity contribution is -0.128. The van der Waals surface area contributed by atoms with Crippen LogP contribution in [-0.4, -0.2) is 49.0 Å². The number of anilines is 1. The number of ether oxygens (including phenoxy) is 1. The van der Waals surface area contributed by atoms with Gasteiger partial charge >= 0.3 is 0 Å². The summed E-state index contributed by atoms with van der Waals surface area (Å²) in [5.74, 6) is 1.54. The van der Waals surface area contributed by atoms with Crippen molar-refractivity contribution in [1.29, 1.82) is 0 Å². The van der Waals surface area contributed by atoms with E-state index in [2.05, 4.69) is 33.1 Å². The van der Waals surface area contributed by atoms with E-state index >= 15 is 0 Å². The van der Waals surface area contributed by atoms with E-state index in [0.29, 0.717) is 5.96 Å². The molecule has 1 saturated heterocycles. The van der Waals surface area contributed by atoms with Crippen molar-refractivity contribution in [3.05, 3.63) is 46.7 Å². The van der Waals surface area contributed by atoms with E-state index in [1.54, 1.807) is 11.3 Å². The number of nitrogens with one attached hydrogen (secondary N) is 2. The smallest absolute Gasteiger partial charge is 0.244 e. The van der Waals surface area contributed by atoms with Gasteiger partial charge in [0.15, 0.2) is 5.96 Å². The van der Waals surface area contributed by atoms with E-state index in [1.807, 2.05) is 43.0 Å². The van der Waals surface area contributed by atoms with Gasteiger partial charge in [-0.2, -0.15) is 0 Å². The molecule has 0 radical (unpaired) electrons. The van der Waals surface area contributed by atoms with E-state index in [9.17, 15) is 4.79 Å². The van der Waals surface area contributed by atoms with Crippen LogP contribution in [0.1, 0.15) is 31.6 Å². The van der Waals surface area contributed by atoms with Crippen LogP contribution in [-0.2, 0) is 11.2 Å². The van der Waals surface area contributed by atoms with Gasteiger partial charge in [0.05, 0.1) is 6.10 Å². The third-order valence-corrected chi connectivity index (χ3v) is 5.50. The Morgan fingerprint density at radius 2 is 1.93 bits per heavy atom. The van der Waals surface area contributed by atoms with Crippen LogP contribution in [0.3, 0.4) is 0 Å². The van der Waals surface area contributed by atoms with Gasteiger partial charge in [-0.1, -0.05) is 6.07 Å². The zero-order valence-corrected chi connectivity index (χ0v) is 20.7. The molecule has 2 aromatic rings. The minimum Gasteiger partial charge on any atom is -0.491 e. The molecule has 0 bridgehead atoms. The van der Waals surface area contributed by atoms with Crippen molar-refractivity contribution >= 4 is 52.9 Å². The fourth-order valence-corrected chi connectivity index (χ4v) is 3.85. The Balaban J connectivity index is 0.00000320. The first kappa shape index (κ1) is 24.5. The molecule has 8 heteroatoms. The third kappa shape index (κ3) is 8.14. The summed E-state index contributed by atoms with van der Waals surface area (Å²) in [7, 11) is 0. The number of hydrogen-bond acceptors (Lipinski definition) is 4. The van der Waals surface area contributed by atoms with Crippen LogP contribution in [0, 0.1) is 0 Å². The molecular weight excluding hydrogens is 511 g/mol. The molecule has 3 rings (SSSR count). The van der Waals surface area contributed by atoms with Gasteiger partial charge in [-0.05, 0) is 68.8 Å². The normalized spacial score (nSPS) is 13.8. The first-order chi connectivity index (χ1) is 14.1. The molecule has 1 fully saturated rings. The highest BCUT2D eigenvalue weighted by Gasteiger charge is 2.17. The SMILES string of the molecule is CC(C)Oc1ccc(NC(=NCC(=O)N2CCCC2)NCCc2cccs2)cc1.I. The quantitative estimate of drug-likeness (QED) is 0.296. The zero-order valence-electron chi connectivity index (χ0n) is 17.6. The fourth-order valence-electron chi connectivity index (χ4n) is 3.14. The number of guanidine groups is 1. The Bertz CT molecular complexity index is 788. The Morgan fingerprint density at radius 3 is 2.57 bits per heavy atom. The maximum Gasteiger partial charge on any atom is 0.244 e. The molecule has 0 spiro atoms. The number of carbonyl (C=O) groups is 1. The Labute approximate surface area is 200 Å². The number of amides is 1. The predicted molar refractivity (Wildman–Crippen MR) is 135 cm³/mol. The van der Waals surface area contributed by atoms with Crippen molar-refractivity contribution in [1.82, 2.24) is 10.2 Å². The van der Waals surface area contributed by atoms with E-state index in [4.69, 9.17) is 4.74 Å². The van der Waals surface area contributed by atoms with Gasteiger partial charge in [-0.25, -0.2) is 4.99 Å². The predicted octanol–water partition coefficient (Wildman–Crippen LogP) is 4.38. The second-order valence-electron chi connectivity index (χ2n) is 7.32. The van der Waals surface area contributed by atoms with Gasteiger partial charge < -0.3 is 20.3 Å². The molecule has 0 atom stereocenters. The number of hydrogen-bond donors (Lipinski definition) is 2. The van der Waals surface area contributed by atoms with Gasteiger partial charge in [0, 0.05) is 30.2 Å². The Hall–Kier alpha value is -1.81. The van der Waals surface area contributed by atoms with E-state index in [-0.39, 0.29) is 42.5 Å². The summed E-state index contributed by atoms with van der Waals surface area (Å²) in [4.78, 5) is 20.1. The highest BCUT2D eigenvalue weighted by Crippen LogP contribution is 2.17. The van der Waals surface area contributed by atoms with Crippen LogP contribution in [0.25, 0.3) is 0 Å². The van der Waals surface area contributed by atoms with Crippen LogP contribution in [0.5, 0.6) is 5.75 Å². The van der Waals surface area contributed by atoms with Gasteiger partial charge in [-0.3, -0.25) is 4.79 Å². The highest BCUT2D eigenvalue weighted by molar-refractivity contribution is 14.0. The van der Waals surface area contributed by atoms with Crippen molar-refractivity contribution in [2.45, 2.75) is 39.2 Å². The van der Waals surface area contributed by atoms with Crippen molar-refractivity contribution < 1.29 is 9.53 Å². The van der Waals surface area contributed by atoms with Gasteiger partial charge in [0.25, 0.3) is 0 Å². The van der Waals surface area contributed by atoms with E-state index in [1.165, 1.54) is 4.88 Å². The number of benzene rings is 1. The fraction of sp³-hybridized carbons (Fsp3) is 0.455. The summed E-state index contributed by atoms with van der Waals surface area (Å²) >= 11 is 1.75. The van der Waals surface area contributed by atoms with Gasteiger partial charge in [-0.15, -0.1) is 35.3 Å². The maximum atomic E-state index is 12.4. The van der Waals surface area contributed by atoms with Crippen molar-refractivity contribution in [3.8, 4) is 5.75 Å². The molecule has 164 valence electrons. The van der Waals surface area contributed by atoms with Crippen LogP contribution in [0.4, 0.5) is 5.69 Å². The van der Waals surface area contributed by atoms with E-state index < -0.39 is 0 Å². The number of likely N-dealkylation sites (tertiary alicyclic amines) is 1. The minimum atomic E-state index is 0. The van der Waals surface area contributed by atoms with Gasteiger partial charge in [0.1, 0.15) is 12.3 Å². The topological polar surface area (TPSA) is 66.0 Å². The second-order valence-corrected chi connectivity index (χ2v) is 8.36. The maximum absolute atomic E-state index is 12.4. The summed E-state index contributed by atoms with van der Waals surface area (Å²) in [5, 5.41) is 8.73. The zero-order chi connectivity index (χ0) is 20.5. The number of thiophene rings is 1. The van der Waals surface area contributed by atoms with Crippen LogP contribution >= 0.6 is 35.3 Å². The molecule has 2 N–H and O–H groups in total. The highest BCUT2D eigenvalue weighted by atomic mass is 127. The summed E-state index contributed by atoms with van der Waals surface area (Å²) in [6.07, 6.45) is 3.23. The summed E-state index contributed by atoms with van der Waals surface area (Å²) in [5.41, 5.74) is 0.900. The number of aliphatic imine (C=N–C) groups is 1. The molecule has 1 aromatic carbocycles. The Morgan fingerprint density at radius 1 is 1.20 bits per heavy atom. The van der Waals surface area contributed by atoms with Gasteiger partial charge in [0.2, 0.25) is 5.91 Å². The number of rotatable bonds is 8. The first-order valence-electron chi connectivity index (χ1n) is 10.2. The molecule has 6 nitrogen and oxygen atoms in total. The monoisotopic (exact) mass is 542 g/mol. The number of halogens is 1. The lowest BCUT2D eigenvalue weighted by atomic mass is 10.3. The average Bonchev–Trinajstić information content (AvgIpc) is 3.41. The van der Waals surface area contributed by atoms with Crippen molar-refractivity contribution in [2.24, 2.45) is 4.99 Å². The number of nitrogens with zero attached hydrogens (tertiary/aromatic N) is 2. The molecule has 1 aliphatic heterocycles. The largest absolute Gasteiger partial charge is 0.491 e. The van der Waals surface area contributed by atoms with Crippen LogP contribution in [0.2, 0.25) is 0 Å². The standard InChI is InChI=1S/C22H30N4O2S.HI/c1-17(2)28-19-9-7-18(8-10-19)25-22(23-12-11-20-6-5-15-29-20)24-16-21(27)26-13-3-4-14-26;/h5-10,15,17H,3-4,11-14,16H2,1-2H3,(H2,23,24,25);1H. The molecule has 30 heavy (non-hydrogen) atoms. The lowest BCUT2D eigenvalue weighted by Crippen LogP contribution is -2.35. The summed E-state index contributed by atoms with van der Waals surface area (Å²) in [6, 6.07) is 12.0. The molecule has 1 aromatic heterocycles. The average molecular weight is 542 g/mol.